The lowest BCUT2D eigenvalue weighted by Crippen LogP contribution is -2.67. The number of nitrogens with zero attached hydrogens (tertiary/aromatic N) is 1. The van der Waals surface area contributed by atoms with E-state index >= 15 is 0 Å². The Morgan fingerprint density at radius 2 is 1.60 bits per heavy atom. The molecule has 4 bridgehead atoms. The summed E-state index contributed by atoms with van der Waals surface area (Å²) in [4.78, 5) is 13.9. The lowest BCUT2D eigenvalue weighted by molar-refractivity contribution is -0.903. The highest BCUT2D eigenvalue weighted by Gasteiger charge is 2.63. The van der Waals surface area contributed by atoms with Crippen molar-refractivity contribution < 1.29 is 9.28 Å². The van der Waals surface area contributed by atoms with Gasteiger partial charge in [0.2, 0.25) is 0 Å². The minimum absolute atomic E-state index is 0.0492. The fourth-order valence-corrected chi connectivity index (χ4v) is 8.01. The molecule has 8 rings (SSSR count). The number of carbonyl (C=O) groups excluding carboxylic acids is 1. The van der Waals surface area contributed by atoms with Gasteiger partial charge in [-0.1, -0.05) is 42.0 Å². The predicted molar refractivity (Wildman–Crippen MR) is 121 cm³/mol. The van der Waals surface area contributed by atoms with Crippen LogP contribution in [0.1, 0.15) is 63.4 Å². The number of benzene rings is 1. The van der Waals surface area contributed by atoms with E-state index in [9.17, 15) is 4.79 Å². The third kappa shape index (κ3) is 2.64. The van der Waals surface area contributed by atoms with Crippen LogP contribution >= 0.6 is 11.6 Å². The Balaban J connectivity index is 1.51. The monoisotopic (exact) mass is 423 g/mol. The molecule has 30 heavy (non-hydrogen) atoms. The quantitative estimate of drug-likeness (QED) is 0.544. The molecule has 2 spiro atoms. The van der Waals surface area contributed by atoms with Crippen molar-refractivity contribution in [1.82, 2.24) is 5.32 Å². The van der Waals surface area contributed by atoms with Crippen molar-refractivity contribution in [2.45, 2.75) is 75.9 Å². The van der Waals surface area contributed by atoms with Gasteiger partial charge in [0.15, 0.2) is 0 Å². The molecule has 4 saturated heterocycles. The van der Waals surface area contributed by atoms with E-state index in [1.54, 1.807) is 0 Å². The van der Waals surface area contributed by atoms with Crippen LogP contribution in [0, 0.1) is 11.3 Å². The molecule has 2 amide bonds. The minimum Gasteiger partial charge on any atom is -0.303 e. The molecular formula is C26H32ClN2O+. The molecule has 2 saturated carbocycles. The highest BCUT2D eigenvalue weighted by molar-refractivity contribution is 6.30. The van der Waals surface area contributed by atoms with Crippen LogP contribution < -0.4 is 5.32 Å². The minimum atomic E-state index is 0.0492. The summed E-state index contributed by atoms with van der Waals surface area (Å²) in [7, 11) is 0. The number of amides is 2. The number of quaternary nitrogens is 1. The Kier molecular flexibility index (Phi) is 4.44. The first-order valence-electron chi connectivity index (χ1n) is 11.9. The van der Waals surface area contributed by atoms with Crippen LogP contribution in [0.15, 0.2) is 42.5 Å². The average molecular weight is 424 g/mol. The lowest BCUT2D eigenvalue weighted by atomic mass is 9.61. The molecule has 158 valence electrons. The average Bonchev–Trinajstić information content (AvgIpc) is 3.12. The molecule has 1 aromatic rings. The number of rotatable bonds is 1. The first-order chi connectivity index (χ1) is 14.6. The van der Waals surface area contributed by atoms with Gasteiger partial charge in [-0.3, -0.25) is 0 Å². The van der Waals surface area contributed by atoms with Crippen LogP contribution in [0.5, 0.6) is 0 Å². The second-order valence-corrected chi connectivity index (χ2v) is 10.9. The van der Waals surface area contributed by atoms with Crippen molar-refractivity contribution in [3.63, 3.8) is 0 Å². The van der Waals surface area contributed by atoms with E-state index in [4.69, 9.17) is 11.6 Å². The van der Waals surface area contributed by atoms with Gasteiger partial charge in [-0.05, 0) is 61.3 Å². The second kappa shape index (κ2) is 6.97. The van der Waals surface area contributed by atoms with Gasteiger partial charge >= 0.3 is 6.03 Å². The zero-order valence-electron chi connectivity index (χ0n) is 17.7. The van der Waals surface area contributed by atoms with E-state index in [-0.39, 0.29) is 5.41 Å². The van der Waals surface area contributed by atoms with Gasteiger partial charge in [-0.15, -0.1) is 0 Å². The summed E-state index contributed by atoms with van der Waals surface area (Å²) in [5.74, 6) is 0.659. The Labute approximate surface area is 184 Å². The summed E-state index contributed by atoms with van der Waals surface area (Å²) in [6.45, 7) is 0.977. The van der Waals surface area contributed by atoms with E-state index in [2.05, 4.69) is 35.7 Å². The molecule has 4 aliphatic heterocycles. The Morgan fingerprint density at radius 1 is 0.933 bits per heavy atom. The highest BCUT2D eigenvalue weighted by Crippen LogP contribution is 2.58. The van der Waals surface area contributed by atoms with Crippen molar-refractivity contribution in [3.8, 4) is 0 Å². The molecule has 3 nitrogen and oxygen atoms in total. The molecule has 0 aromatic heterocycles. The molecular weight excluding hydrogens is 392 g/mol. The Hall–Kier alpha value is -1.58. The number of fused-ring (bicyclic) bond motifs is 5. The van der Waals surface area contributed by atoms with E-state index in [1.807, 2.05) is 12.1 Å². The van der Waals surface area contributed by atoms with Crippen LogP contribution in [0.2, 0.25) is 5.02 Å². The van der Waals surface area contributed by atoms with Crippen molar-refractivity contribution in [2.75, 3.05) is 6.54 Å². The third-order valence-corrected chi connectivity index (χ3v) is 9.55. The zero-order chi connectivity index (χ0) is 20.3. The van der Waals surface area contributed by atoms with Crippen molar-refractivity contribution in [2.24, 2.45) is 11.3 Å². The van der Waals surface area contributed by atoms with Gasteiger partial charge in [-0.25, -0.2) is 9.28 Å². The Morgan fingerprint density at radius 3 is 2.30 bits per heavy atom. The second-order valence-electron chi connectivity index (χ2n) is 10.4. The first-order valence-corrected chi connectivity index (χ1v) is 12.3. The fraction of sp³-hybridized carbons (Fsp3) is 0.577. The summed E-state index contributed by atoms with van der Waals surface area (Å²) in [5, 5.41) is 4.29. The molecule has 0 radical (unpaired) electrons. The molecule has 7 aliphatic rings. The van der Waals surface area contributed by atoms with Crippen molar-refractivity contribution >= 4 is 23.2 Å². The molecule has 2 atom stereocenters. The fourth-order valence-electron chi connectivity index (χ4n) is 7.89. The van der Waals surface area contributed by atoms with Crippen molar-refractivity contribution in [1.29, 1.82) is 0 Å². The molecule has 4 heteroatoms. The molecule has 2 unspecified atom stereocenters. The summed E-state index contributed by atoms with van der Waals surface area (Å²) in [5.41, 5.74) is 2.78. The summed E-state index contributed by atoms with van der Waals surface area (Å²) < 4.78 is 0.714. The lowest BCUT2D eigenvalue weighted by Gasteiger charge is -2.49. The summed E-state index contributed by atoms with van der Waals surface area (Å²) >= 11 is 6.22. The molecule has 4 heterocycles. The Bertz CT molecular complexity index is 901. The summed E-state index contributed by atoms with van der Waals surface area (Å²) in [6.07, 6.45) is 17.7. The van der Waals surface area contributed by atoms with Crippen LogP contribution in [-0.4, -0.2) is 35.2 Å². The maximum absolute atomic E-state index is 13.9. The smallest absolute Gasteiger partial charge is 0.303 e. The van der Waals surface area contributed by atoms with Gasteiger partial charge in [-0.2, -0.15) is 0 Å². The number of halogens is 1. The largest absolute Gasteiger partial charge is 0.417 e. The normalized spacial score (nSPS) is 42.2. The number of allylic oxidation sites excluding steroid dienone is 3. The maximum atomic E-state index is 13.9. The van der Waals surface area contributed by atoms with Crippen LogP contribution in [0.3, 0.4) is 0 Å². The highest BCUT2D eigenvalue weighted by atomic mass is 35.5. The van der Waals surface area contributed by atoms with Crippen LogP contribution in [0.4, 0.5) is 4.79 Å². The number of carbonyl (C=O) groups is 1. The standard InChI is InChI=1S/C26H31ClN2O/c27-20-8-4-18(5-9-20)24-3-1-2-16-26(24)17-29(22-12-6-19(26)7-13-22)23-14-10-21(11-15-23)28-25(29)30/h1-5,8-9,19,21-23H,6-7,10-17H2/p+1. The predicted octanol–water partition coefficient (Wildman–Crippen LogP) is 6.09. The molecule has 1 aromatic carbocycles. The summed E-state index contributed by atoms with van der Waals surface area (Å²) in [6, 6.07) is 10.2. The third-order valence-electron chi connectivity index (χ3n) is 9.30. The number of nitrogens with one attached hydrogen (secondary N) is 1. The van der Waals surface area contributed by atoms with Gasteiger partial charge in [0.25, 0.3) is 0 Å². The topological polar surface area (TPSA) is 29.1 Å². The van der Waals surface area contributed by atoms with Crippen LogP contribution in [0.25, 0.3) is 5.57 Å². The first kappa shape index (κ1) is 19.1. The van der Waals surface area contributed by atoms with Crippen molar-refractivity contribution in [3.05, 3.63) is 53.1 Å². The number of hydrogen-bond donors (Lipinski definition) is 1. The number of urea groups is 1. The zero-order valence-corrected chi connectivity index (χ0v) is 18.4. The molecule has 1 N–H and O–H groups in total. The van der Waals surface area contributed by atoms with E-state index in [1.165, 1.54) is 62.5 Å². The maximum Gasteiger partial charge on any atom is 0.417 e. The van der Waals surface area contributed by atoms with Crippen LogP contribution in [-0.2, 0) is 0 Å². The SMILES string of the molecule is O=C1NC2CCC(CC2)[N+]12CC1(CC=CC=C1c1ccc(Cl)cc1)C1CCC2CC1. The van der Waals surface area contributed by atoms with Gasteiger partial charge in [0.05, 0.1) is 24.0 Å². The van der Waals surface area contributed by atoms with E-state index in [0.29, 0.717) is 34.6 Å². The van der Waals surface area contributed by atoms with E-state index < -0.39 is 0 Å². The van der Waals surface area contributed by atoms with Gasteiger partial charge < -0.3 is 5.32 Å². The molecule has 3 aliphatic carbocycles. The van der Waals surface area contributed by atoms with E-state index in [0.717, 1.165) is 18.0 Å². The number of hydrogen-bond acceptors (Lipinski definition) is 1. The van der Waals surface area contributed by atoms with Gasteiger partial charge in [0.1, 0.15) is 0 Å². The van der Waals surface area contributed by atoms with Gasteiger partial charge in [0, 0.05) is 36.7 Å². The molecule has 6 fully saturated rings.